The Balaban J connectivity index is 3.20. The van der Waals surface area contributed by atoms with Crippen molar-refractivity contribution < 1.29 is 19.4 Å². The maximum atomic E-state index is 11.1. The average molecular weight is 268 g/mol. The molecule has 0 heterocycles. The minimum absolute atomic E-state index is 0.447. The number of benzene rings is 1. The molecule has 0 radical (unpaired) electrons. The third-order valence-electron chi connectivity index (χ3n) is 2.93. The first-order chi connectivity index (χ1) is 8.92. The van der Waals surface area contributed by atoms with E-state index < -0.39 is 18.1 Å². The molecule has 0 aliphatic heterocycles. The Morgan fingerprint density at radius 3 is 2.26 bits per heavy atom. The molecule has 106 valence electrons. The number of carbonyl (C=O) groups is 1. The van der Waals surface area contributed by atoms with E-state index in [4.69, 9.17) is 20.3 Å². The summed E-state index contributed by atoms with van der Waals surface area (Å²) in [4.78, 5) is 12.9. The molecule has 2 unspecified atom stereocenters. The summed E-state index contributed by atoms with van der Waals surface area (Å²) in [6.07, 6.45) is 0. The van der Waals surface area contributed by atoms with Crippen LogP contribution in [0.15, 0.2) is 18.2 Å². The lowest BCUT2D eigenvalue weighted by atomic mass is 9.98. The first kappa shape index (κ1) is 15.3. The monoisotopic (exact) mass is 268 g/mol. The second kappa shape index (κ2) is 6.40. The predicted molar refractivity (Wildman–Crippen MR) is 71.6 cm³/mol. The molecular formula is C13H20N2O4. The Morgan fingerprint density at radius 1 is 1.26 bits per heavy atom. The molecule has 0 aliphatic rings. The smallest absolute Gasteiger partial charge is 0.322 e. The van der Waals surface area contributed by atoms with Crippen molar-refractivity contribution in [2.75, 3.05) is 28.3 Å². The van der Waals surface area contributed by atoms with E-state index in [1.807, 2.05) is 0 Å². The highest BCUT2D eigenvalue weighted by atomic mass is 16.5. The van der Waals surface area contributed by atoms with Crippen LogP contribution in [0, 0.1) is 0 Å². The van der Waals surface area contributed by atoms with Crippen molar-refractivity contribution in [2.45, 2.75) is 12.1 Å². The summed E-state index contributed by atoms with van der Waals surface area (Å²) in [7, 11) is 6.64. The Morgan fingerprint density at radius 2 is 1.84 bits per heavy atom. The predicted octanol–water partition coefficient (Wildman–Crippen LogP) is 0.718. The summed E-state index contributed by atoms with van der Waals surface area (Å²) in [6, 6.07) is 3.80. The maximum absolute atomic E-state index is 11.1. The minimum Gasteiger partial charge on any atom is -0.493 e. The van der Waals surface area contributed by atoms with Crippen LogP contribution in [0.3, 0.4) is 0 Å². The van der Waals surface area contributed by atoms with Gasteiger partial charge in [0.2, 0.25) is 0 Å². The molecular weight excluding hydrogens is 248 g/mol. The minimum atomic E-state index is -1.05. The van der Waals surface area contributed by atoms with E-state index in [0.29, 0.717) is 11.5 Å². The zero-order valence-corrected chi connectivity index (χ0v) is 11.6. The van der Waals surface area contributed by atoms with Crippen LogP contribution in [-0.2, 0) is 4.79 Å². The van der Waals surface area contributed by atoms with Crippen LogP contribution in [0.25, 0.3) is 0 Å². The molecule has 0 spiro atoms. The largest absolute Gasteiger partial charge is 0.493 e. The number of carboxylic acids is 1. The van der Waals surface area contributed by atoms with Gasteiger partial charge in [0.1, 0.15) is 6.04 Å². The zero-order valence-electron chi connectivity index (χ0n) is 11.6. The van der Waals surface area contributed by atoms with Gasteiger partial charge in [-0.25, -0.2) is 0 Å². The molecule has 0 saturated heterocycles. The molecule has 1 rings (SSSR count). The molecule has 19 heavy (non-hydrogen) atoms. The molecule has 1 aromatic carbocycles. The highest BCUT2D eigenvalue weighted by Gasteiger charge is 2.28. The van der Waals surface area contributed by atoms with Crippen molar-refractivity contribution in [3.8, 4) is 11.5 Å². The fraction of sp³-hybridized carbons (Fsp3) is 0.462. The van der Waals surface area contributed by atoms with E-state index in [1.54, 1.807) is 44.3 Å². The van der Waals surface area contributed by atoms with Gasteiger partial charge in [0.15, 0.2) is 11.5 Å². The molecule has 0 aromatic heterocycles. The number of aliphatic carboxylic acids is 1. The van der Waals surface area contributed by atoms with Gasteiger partial charge in [-0.1, -0.05) is 6.07 Å². The van der Waals surface area contributed by atoms with Crippen LogP contribution in [-0.4, -0.2) is 50.3 Å². The number of nitrogens with zero attached hydrogens (tertiary/aromatic N) is 1. The summed E-state index contributed by atoms with van der Waals surface area (Å²) in [5.74, 6) is 0.0885. The molecule has 2 atom stereocenters. The van der Waals surface area contributed by atoms with Crippen molar-refractivity contribution in [3.63, 3.8) is 0 Å². The molecule has 1 aromatic rings. The van der Waals surface area contributed by atoms with Gasteiger partial charge in [0.05, 0.1) is 20.3 Å². The van der Waals surface area contributed by atoms with E-state index in [2.05, 4.69) is 0 Å². The number of hydrogen-bond donors (Lipinski definition) is 2. The third-order valence-corrected chi connectivity index (χ3v) is 2.93. The van der Waals surface area contributed by atoms with Gasteiger partial charge in [-0.05, 0) is 31.8 Å². The molecule has 0 bridgehead atoms. The fourth-order valence-electron chi connectivity index (χ4n) is 2.00. The lowest BCUT2D eigenvalue weighted by Crippen LogP contribution is -2.43. The molecule has 0 aliphatic carbocycles. The number of carboxylic acid groups (broad SMARTS) is 1. The highest BCUT2D eigenvalue weighted by Crippen LogP contribution is 2.32. The lowest BCUT2D eigenvalue weighted by molar-refractivity contribution is -0.140. The summed E-state index contributed by atoms with van der Waals surface area (Å²) in [5, 5.41) is 9.08. The molecule has 6 nitrogen and oxygen atoms in total. The van der Waals surface area contributed by atoms with Crippen molar-refractivity contribution in [1.82, 2.24) is 4.90 Å². The van der Waals surface area contributed by atoms with Crippen LogP contribution < -0.4 is 15.2 Å². The van der Waals surface area contributed by atoms with Gasteiger partial charge < -0.3 is 25.2 Å². The first-order valence-electron chi connectivity index (χ1n) is 5.79. The van der Waals surface area contributed by atoms with Gasteiger partial charge in [0.25, 0.3) is 0 Å². The molecule has 6 heteroatoms. The van der Waals surface area contributed by atoms with Crippen LogP contribution >= 0.6 is 0 Å². The van der Waals surface area contributed by atoms with Crippen molar-refractivity contribution in [2.24, 2.45) is 5.73 Å². The van der Waals surface area contributed by atoms with Crippen molar-refractivity contribution in [3.05, 3.63) is 23.8 Å². The second-order valence-corrected chi connectivity index (χ2v) is 4.39. The number of hydrogen-bond acceptors (Lipinski definition) is 5. The van der Waals surface area contributed by atoms with Gasteiger partial charge in [-0.3, -0.25) is 4.79 Å². The summed E-state index contributed by atoms with van der Waals surface area (Å²) >= 11 is 0. The van der Waals surface area contributed by atoms with Crippen LogP contribution in [0.4, 0.5) is 0 Å². The third kappa shape index (κ3) is 3.36. The van der Waals surface area contributed by atoms with Gasteiger partial charge in [-0.2, -0.15) is 0 Å². The van der Waals surface area contributed by atoms with Gasteiger partial charge >= 0.3 is 5.97 Å². The van der Waals surface area contributed by atoms with Gasteiger partial charge in [-0.15, -0.1) is 0 Å². The summed E-state index contributed by atoms with van der Waals surface area (Å²) in [5.41, 5.74) is 6.50. The quantitative estimate of drug-likeness (QED) is 0.790. The van der Waals surface area contributed by atoms with Crippen molar-refractivity contribution in [1.29, 1.82) is 0 Å². The number of rotatable bonds is 6. The van der Waals surface area contributed by atoms with Crippen molar-refractivity contribution >= 4 is 5.97 Å². The molecule has 0 amide bonds. The summed E-state index contributed by atoms with van der Waals surface area (Å²) < 4.78 is 10.4. The van der Waals surface area contributed by atoms with E-state index >= 15 is 0 Å². The van der Waals surface area contributed by atoms with Gasteiger partial charge in [0, 0.05) is 0 Å². The lowest BCUT2D eigenvalue weighted by Gasteiger charge is -2.28. The average Bonchev–Trinajstić information content (AvgIpc) is 2.38. The highest BCUT2D eigenvalue weighted by molar-refractivity contribution is 5.74. The Kier molecular flexibility index (Phi) is 5.14. The van der Waals surface area contributed by atoms with E-state index in [9.17, 15) is 4.79 Å². The van der Waals surface area contributed by atoms with E-state index in [-0.39, 0.29) is 0 Å². The Labute approximate surface area is 112 Å². The van der Waals surface area contributed by atoms with Crippen LogP contribution in [0.2, 0.25) is 0 Å². The molecule has 3 N–H and O–H groups in total. The van der Waals surface area contributed by atoms with Crippen LogP contribution in [0.1, 0.15) is 11.6 Å². The molecule has 0 fully saturated rings. The zero-order chi connectivity index (χ0) is 14.6. The second-order valence-electron chi connectivity index (χ2n) is 4.39. The normalized spacial score (nSPS) is 14.0. The molecule has 0 saturated carbocycles. The standard InChI is InChI=1S/C13H20N2O4/c1-15(2)12(11(14)13(16)17)8-5-6-9(18-3)10(7-8)19-4/h5-7,11-12H,14H2,1-4H3,(H,16,17). The summed E-state index contributed by atoms with van der Waals surface area (Å²) in [6.45, 7) is 0. The van der Waals surface area contributed by atoms with E-state index in [0.717, 1.165) is 5.56 Å². The first-order valence-corrected chi connectivity index (χ1v) is 5.79. The van der Waals surface area contributed by atoms with Crippen LogP contribution in [0.5, 0.6) is 11.5 Å². The van der Waals surface area contributed by atoms with E-state index in [1.165, 1.54) is 7.11 Å². The number of methoxy groups -OCH3 is 2. The number of nitrogens with two attached hydrogens (primary N) is 1. The fourth-order valence-corrected chi connectivity index (χ4v) is 2.00. The Bertz CT molecular complexity index is 448. The topological polar surface area (TPSA) is 85.0 Å². The number of ether oxygens (including phenoxy) is 2. The Hall–Kier alpha value is -1.79. The maximum Gasteiger partial charge on any atom is 0.322 e. The number of likely N-dealkylation sites (N-methyl/N-ethyl adjacent to an activating group) is 1. The SMILES string of the molecule is COc1ccc(C(C(N)C(=O)O)N(C)C)cc1OC.